The number of hydrogen-bond acceptors (Lipinski definition) is 3. The van der Waals surface area contributed by atoms with E-state index in [0.717, 1.165) is 26.8 Å². The molecule has 1 atom stereocenters. The molecule has 3 aromatic carbocycles. The number of thiophene rings is 1. The van der Waals surface area contributed by atoms with E-state index >= 15 is 0 Å². The molecule has 0 aliphatic carbocycles. The highest BCUT2D eigenvalue weighted by molar-refractivity contribution is 7.18. The van der Waals surface area contributed by atoms with Crippen molar-refractivity contribution in [1.29, 1.82) is 5.26 Å². The maximum absolute atomic E-state index is 12.8. The van der Waals surface area contributed by atoms with Crippen molar-refractivity contribution >= 4 is 38.9 Å². The van der Waals surface area contributed by atoms with Gasteiger partial charge >= 0.3 is 0 Å². The van der Waals surface area contributed by atoms with Crippen molar-refractivity contribution in [2.75, 3.05) is 0 Å². The van der Waals surface area contributed by atoms with Crippen molar-refractivity contribution < 1.29 is 4.79 Å². The lowest BCUT2D eigenvalue weighted by Gasteiger charge is -2.15. The minimum atomic E-state index is -0.142. The molecule has 1 amide bonds. The van der Waals surface area contributed by atoms with Crippen LogP contribution in [0.4, 0.5) is 0 Å². The van der Waals surface area contributed by atoms with Gasteiger partial charge in [-0.25, -0.2) is 0 Å². The molecule has 4 rings (SSSR count). The second kappa shape index (κ2) is 8.08. The first-order chi connectivity index (χ1) is 14.1. The Kier molecular flexibility index (Phi) is 5.35. The Morgan fingerprint density at radius 1 is 1.07 bits per heavy atom. The van der Waals surface area contributed by atoms with Gasteiger partial charge in [-0.15, -0.1) is 11.3 Å². The fourth-order valence-electron chi connectivity index (χ4n) is 3.29. The van der Waals surface area contributed by atoms with Gasteiger partial charge < -0.3 is 5.32 Å². The maximum atomic E-state index is 12.8. The minimum Gasteiger partial charge on any atom is -0.345 e. The highest BCUT2D eigenvalue weighted by Crippen LogP contribution is 2.32. The first-order valence-corrected chi connectivity index (χ1v) is 10.4. The van der Waals surface area contributed by atoms with Crippen molar-refractivity contribution in [3.05, 3.63) is 93.8 Å². The molecule has 1 N–H and O–H groups in total. The average molecular weight is 417 g/mol. The highest BCUT2D eigenvalue weighted by atomic mass is 35.5. The topological polar surface area (TPSA) is 52.9 Å². The zero-order valence-corrected chi connectivity index (χ0v) is 17.2. The van der Waals surface area contributed by atoms with Gasteiger partial charge in [0.05, 0.1) is 33.0 Å². The van der Waals surface area contributed by atoms with E-state index in [-0.39, 0.29) is 11.9 Å². The first-order valence-electron chi connectivity index (χ1n) is 9.14. The summed E-state index contributed by atoms with van der Waals surface area (Å²) in [6, 6.07) is 23.2. The molecule has 1 unspecified atom stereocenters. The van der Waals surface area contributed by atoms with Gasteiger partial charge in [-0.05, 0) is 41.8 Å². The zero-order chi connectivity index (χ0) is 20.4. The summed E-state index contributed by atoms with van der Waals surface area (Å²) >= 11 is 7.70. The lowest BCUT2D eigenvalue weighted by atomic mass is 10.00. The third-order valence-electron chi connectivity index (χ3n) is 4.88. The number of benzene rings is 3. The molecule has 5 heteroatoms. The van der Waals surface area contributed by atoms with Gasteiger partial charge in [-0.2, -0.15) is 5.26 Å². The van der Waals surface area contributed by atoms with E-state index in [4.69, 9.17) is 16.9 Å². The van der Waals surface area contributed by atoms with Gasteiger partial charge in [0, 0.05) is 10.8 Å². The molecule has 0 spiro atoms. The second-order valence-electron chi connectivity index (χ2n) is 6.78. The van der Waals surface area contributed by atoms with Crippen LogP contribution < -0.4 is 5.32 Å². The van der Waals surface area contributed by atoms with Crippen molar-refractivity contribution in [3.8, 4) is 17.2 Å². The summed E-state index contributed by atoms with van der Waals surface area (Å²) in [5, 5.41) is 15.5. The van der Waals surface area contributed by atoms with E-state index in [2.05, 4.69) is 11.4 Å². The summed E-state index contributed by atoms with van der Waals surface area (Å²) in [6.07, 6.45) is 0. The standard InChI is InChI=1S/C24H17ClN2OS/c1-15(27-24(28)21-14-29-23-20(21)6-3-7-22(23)25)17-8-10-18(11-9-17)19-5-2-4-16(12-19)13-26/h2-12,14-15H,1H3,(H,27,28). The molecule has 0 saturated heterocycles. The molecule has 1 aromatic heterocycles. The molecule has 1 heterocycles. The third-order valence-corrected chi connectivity index (χ3v) is 6.34. The van der Waals surface area contributed by atoms with Gasteiger partial charge in [-0.3, -0.25) is 4.79 Å². The van der Waals surface area contributed by atoms with Crippen LogP contribution in [-0.2, 0) is 0 Å². The molecule has 0 saturated carbocycles. The number of amides is 1. The summed E-state index contributed by atoms with van der Waals surface area (Å²) in [5.74, 6) is -0.114. The normalized spacial score (nSPS) is 11.8. The van der Waals surface area contributed by atoms with E-state index in [9.17, 15) is 4.79 Å². The predicted octanol–water partition coefficient (Wildman–Crippen LogP) is 6.58. The van der Waals surface area contributed by atoms with Crippen molar-refractivity contribution in [2.24, 2.45) is 0 Å². The van der Waals surface area contributed by atoms with Crippen molar-refractivity contribution in [3.63, 3.8) is 0 Å². The number of carbonyl (C=O) groups excluding carboxylic acids is 1. The molecule has 0 aliphatic heterocycles. The summed E-state index contributed by atoms with van der Waals surface area (Å²) in [4.78, 5) is 12.8. The molecular formula is C24H17ClN2OS. The summed E-state index contributed by atoms with van der Waals surface area (Å²) in [6.45, 7) is 1.96. The quantitative estimate of drug-likeness (QED) is 0.408. The fourth-order valence-corrected chi connectivity index (χ4v) is 4.55. The Bertz CT molecular complexity index is 1240. The molecule has 4 aromatic rings. The van der Waals surface area contributed by atoms with Gasteiger partial charge in [0.1, 0.15) is 0 Å². The van der Waals surface area contributed by atoms with Crippen LogP contribution in [-0.4, -0.2) is 5.91 Å². The number of carbonyl (C=O) groups is 1. The minimum absolute atomic E-state index is 0.114. The summed E-state index contributed by atoms with van der Waals surface area (Å²) < 4.78 is 0.927. The lowest BCUT2D eigenvalue weighted by Crippen LogP contribution is -2.26. The van der Waals surface area contributed by atoms with Crippen LogP contribution in [0.3, 0.4) is 0 Å². The third kappa shape index (κ3) is 3.88. The Labute approximate surface area is 178 Å². The predicted molar refractivity (Wildman–Crippen MR) is 119 cm³/mol. The highest BCUT2D eigenvalue weighted by Gasteiger charge is 2.16. The SMILES string of the molecule is CC(NC(=O)c1csc2c(Cl)cccc12)c1ccc(-c2cccc(C#N)c2)cc1. The summed E-state index contributed by atoms with van der Waals surface area (Å²) in [7, 11) is 0. The number of fused-ring (bicyclic) bond motifs is 1. The molecule has 29 heavy (non-hydrogen) atoms. The van der Waals surface area contributed by atoms with E-state index in [0.29, 0.717) is 16.1 Å². The molecule has 142 valence electrons. The Balaban J connectivity index is 1.52. The van der Waals surface area contributed by atoms with Crippen LogP contribution in [0.5, 0.6) is 0 Å². The van der Waals surface area contributed by atoms with Gasteiger partial charge in [-0.1, -0.05) is 60.1 Å². The van der Waals surface area contributed by atoms with Crippen LogP contribution in [0.1, 0.15) is 34.5 Å². The van der Waals surface area contributed by atoms with E-state index in [1.165, 1.54) is 11.3 Å². The first kappa shape index (κ1) is 19.2. The molecule has 0 bridgehead atoms. The average Bonchev–Trinajstić information content (AvgIpc) is 3.19. The van der Waals surface area contributed by atoms with Crippen LogP contribution >= 0.6 is 22.9 Å². The lowest BCUT2D eigenvalue weighted by molar-refractivity contribution is 0.0942. The number of nitrogens with one attached hydrogen (secondary N) is 1. The molecule has 0 fully saturated rings. The molecular weight excluding hydrogens is 400 g/mol. The number of hydrogen-bond donors (Lipinski definition) is 1. The summed E-state index contributed by atoms with van der Waals surface area (Å²) in [5.41, 5.74) is 4.31. The maximum Gasteiger partial charge on any atom is 0.253 e. The van der Waals surface area contributed by atoms with Gasteiger partial charge in [0.15, 0.2) is 0 Å². The number of rotatable bonds is 4. The van der Waals surface area contributed by atoms with Gasteiger partial charge in [0.25, 0.3) is 5.91 Å². The monoisotopic (exact) mass is 416 g/mol. The Morgan fingerprint density at radius 3 is 2.59 bits per heavy atom. The number of nitrogens with zero attached hydrogens (tertiary/aromatic N) is 1. The Hall–Kier alpha value is -3.13. The van der Waals surface area contributed by atoms with E-state index < -0.39 is 0 Å². The fraction of sp³-hybridized carbons (Fsp3) is 0.0833. The van der Waals surface area contributed by atoms with E-state index in [1.54, 1.807) is 6.07 Å². The van der Waals surface area contributed by atoms with Gasteiger partial charge in [0.2, 0.25) is 0 Å². The molecule has 3 nitrogen and oxygen atoms in total. The van der Waals surface area contributed by atoms with Crippen LogP contribution in [0.15, 0.2) is 72.1 Å². The van der Waals surface area contributed by atoms with Crippen molar-refractivity contribution in [1.82, 2.24) is 5.32 Å². The number of nitriles is 1. The second-order valence-corrected chi connectivity index (χ2v) is 8.06. The van der Waals surface area contributed by atoms with Crippen LogP contribution in [0.25, 0.3) is 21.2 Å². The molecule has 0 radical (unpaired) electrons. The van der Waals surface area contributed by atoms with E-state index in [1.807, 2.05) is 73.0 Å². The Morgan fingerprint density at radius 2 is 1.83 bits per heavy atom. The smallest absolute Gasteiger partial charge is 0.253 e. The largest absolute Gasteiger partial charge is 0.345 e. The number of halogens is 1. The zero-order valence-electron chi connectivity index (χ0n) is 15.6. The molecule has 0 aliphatic rings. The van der Waals surface area contributed by atoms with Crippen LogP contribution in [0, 0.1) is 11.3 Å². The van der Waals surface area contributed by atoms with Crippen molar-refractivity contribution in [2.45, 2.75) is 13.0 Å². The van der Waals surface area contributed by atoms with Crippen LogP contribution in [0.2, 0.25) is 5.02 Å².